The molecular formula is C14H7BrClN3S. The number of hydrogen-bond acceptors (Lipinski definition) is 2. The van der Waals surface area contributed by atoms with Crippen molar-refractivity contribution in [1.82, 2.24) is 9.55 Å². The number of fused-ring (bicyclic) bond motifs is 1. The Hall–Kier alpha value is -1.61. The fourth-order valence-corrected chi connectivity index (χ4v) is 2.93. The summed E-state index contributed by atoms with van der Waals surface area (Å²) in [7, 11) is 0. The Labute approximate surface area is 133 Å². The Kier molecular flexibility index (Phi) is 3.38. The largest absolute Gasteiger partial charge is 0.330 e. The smallest absolute Gasteiger partial charge is 0.182 e. The number of hydrogen-bond donors (Lipinski definition) is 1. The summed E-state index contributed by atoms with van der Waals surface area (Å²) in [4.78, 5) is 3.12. The number of rotatable bonds is 1. The number of benzene rings is 2. The zero-order valence-electron chi connectivity index (χ0n) is 10.0. The van der Waals surface area contributed by atoms with Crippen LogP contribution in [0.5, 0.6) is 0 Å². The van der Waals surface area contributed by atoms with Crippen LogP contribution < -0.4 is 0 Å². The summed E-state index contributed by atoms with van der Waals surface area (Å²) in [5.74, 6) is 0. The lowest BCUT2D eigenvalue weighted by atomic mass is 10.2. The zero-order chi connectivity index (χ0) is 14.3. The Morgan fingerprint density at radius 2 is 2.05 bits per heavy atom. The molecule has 0 fully saturated rings. The third kappa shape index (κ3) is 2.16. The van der Waals surface area contributed by atoms with Crippen LogP contribution in [-0.2, 0) is 0 Å². The quantitative estimate of drug-likeness (QED) is 0.619. The molecule has 0 saturated heterocycles. The van der Waals surface area contributed by atoms with Crippen molar-refractivity contribution in [2.45, 2.75) is 0 Å². The number of nitriles is 1. The van der Waals surface area contributed by atoms with E-state index in [9.17, 15) is 0 Å². The van der Waals surface area contributed by atoms with Crippen molar-refractivity contribution >= 4 is 50.8 Å². The lowest BCUT2D eigenvalue weighted by molar-refractivity contribution is 1.06. The Bertz CT molecular complexity index is 920. The average molecular weight is 365 g/mol. The van der Waals surface area contributed by atoms with Crippen LogP contribution in [0.15, 0.2) is 40.9 Å². The van der Waals surface area contributed by atoms with Gasteiger partial charge in [-0.3, -0.25) is 4.57 Å². The highest BCUT2D eigenvalue weighted by Crippen LogP contribution is 2.28. The van der Waals surface area contributed by atoms with E-state index in [-0.39, 0.29) is 0 Å². The van der Waals surface area contributed by atoms with E-state index < -0.39 is 0 Å². The highest BCUT2D eigenvalue weighted by atomic mass is 79.9. The van der Waals surface area contributed by atoms with E-state index in [1.807, 2.05) is 22.8 Å². The lowest BCUT2D eigenvalue weighted by Gasteiger charge is -2.07. The van der Waals surface area contributed by atoms with Gasteiger partial charge in [-0.1, -0.05) is 27.5 Å². The second kappa shape index (κ2) is 5.06. The van der Waals surface area contributed by atoms with E-state index in [4.69, 9.17) is 29.1 Å². The fourth-order valence-electron chi connectivity index (χ4n) is 2.07. The Balaban J connectivity index is 2.41. The minimum Gasteiger partial charge on any atom is -0.330 e. The topological polar surface area (TPSA) is 44.5 Å². The van der Waals surface area contributed by atoms with Crippen molar-refractivity contribution in [2.75, 3.05) is 0 Å². The van der Waals surface area contributed by atoms with Crippen LogP contribution in [-0.4, -0.2) is 9.55 Å². The van der Waals surface area contributed by atoms with Crippen LogP contribution in [0.3, 0.4) is 0 Å². The highest BCUT2D eigenvalue weighted by Gasteiger charge is 2.11. The van der Waals surface area contributed by atoms with Gasteiger partial charge in [0.25, 0.3) is 0 Å². The molecule has 0 bridgehead atoms. The molecule has 0 aliphatic carbocycles. The maximum atomic E-state index is 9.03. The van der Waals surface area contributed by atoms with Crippen LogP contribution in [0.4, 0.5) is 0 Å². The minimum atomic E-state index is 0.537. The van der Waals surface area contributed by atoms with E-state index in [0.717, 1.165) is 21.2 Å². The highest BCUT2D eigenvalue weighted by molar-refractivity contribution is 9.10. The van der Waals surface area contributed by atoms with Crippen molar-refractivity contribution in [3.63, 3.8) is 0 Å². The third-order valence-electron chi connectivity index (χ3n) is 2.96. The molecule has 1 heterocycles. The van der Waals surface area contributed by atoms with E-state index in [2.05, 4.69) is 27.0 Å². The molecule has 0 radical (unpaired) electrons. The molecule has 0 unspecified atom stereocenters. The summed E-state index contributed by atoms with van der Waals surface area (Å²) in [5.41, 5.74) is 3.04. The molecule has 3 rings (SSSR count). The van der Waals surface area contributed by atoms with Gasteiger partial charge in [-0.05, 0) is 48.6 Å². The average Bonchev–Trinajstić information content (AvgIpc) is 2.76. The molecule has 0 amide bonds. The molecule has 6 heteroatoms. The Morgan fingerprint density at radius 1 is 1.25 bits per heavy atom. The predicted molar refractivity (Wildman–Crippen MR) is 85.9 cm³/mol. The van der Waals surface area contributed by atoms with Crippen molar-refractivity contribution in [3.8, 4) is 11.8 Å². The van der Waals surface area contributed by atoms with E-state index in [1.165, 1.54) is 0 Å². The fraction of sp³-hybridized carbons (Fsp3) is 0. The summed E-state index contributed by atoms with van der Waals surface area (Å²) < 4.78 is 3.28. The molecule has 3 nitrogen and oxygen atoms in total. The summed E-state index contributed by atoms with van der Waals surface area (Å²) >= 11 is 15.1. The van der Waals surface area contributed by atoms with Crippen LogP contribution in [0.2, 0.25) is 5.02 Å². The van der Waals surface area contributed by atoms with E-state index >= 15 is 0 Å². The van der Waals surface area contributed by atoms with Crippen molar-refractivity contribution < 1.29 is 0 Å². The van der Waals surface area contributed by atoms with Crippen molar-refractivity contribution in [3.05, 3.63) is 56.2 Å². The summed E-state index contributed by atoms with van der Waals surface area (Å²) in [6.07, 6.45) is 0. The molecule has 3 aromatic rings. The van der Waals surface area contributed by atoms with Gasteiger partial charge >= 0.3 is 0 Å². The number of nitrogens with one attached hydrogen (secondary N) is 1. The molecule has 1 N–H and O–H groups in total. The molecule has 1 aromatic heterocycles. The maximum absolute atomic E-state index is 9.03. The lowest BCUT2D eigenvalue weighted by Crippen LogP contribution is -1.95. The van der Waals surface area contributed by atoms with Gasteiger partial charge < -0.3 is 4.98 Å². The monoisotopic (exact) mass is 363 g/mol. The number of halogens is 2. The zero-order valence-corrected chi connectivity index (χ0v) is 13.2. The number of nitrogens with zero attached hydrogens (tertiary/aromatic N) is 2. The van der Waals surface area contributed by atoms with Gasteiger partial charge in [-0.15, -0.1) is 0 Å². The first-order chi connectivity index (χ1) is 9.60. The Morgan fingerprint density at radius 3 is 2.80 bits per heavy atom. The van der Waals surface area contributed by atoms with Gasteiger partial charge in [0.2, 0.25) is 0 Å². The number of H-pyrrole nitrogens is 1. The van der Waals surface area contributed by atoms with E-state index in [1.54, 1.807) is 18.2 Å². The van der Waals surface area contributed by atoms with E-state index in [0.29, 0.717) is 15.4 Å². The molecular weight excluding hydrogens is 358 g/mol. The van der Waals surface area contributed by atoms with Crippen LogP contribution in [0.1, 0.15) is 5.56 Å². The third-order valence-corrected chi connectivity index (χ3v) is 4.06. The summed E-state index contributed by atoms with van der Waals surface area (Å²) in [6.45, 7) is 0. The molecule has 0 aliphatic rings. The molecule has 98 valence electrons. The molecule has 0 spiro atoms. The van der Waals surface area contributed by atoms with Gasteiger partial charge in [-0.2, -0.15) is 5.26 Å². The second-order valence-electron chi connectivity index (χ2n) is 4.21. The molecule has 2 aromatic carbocycles. The first-order valence-corrected chi connectivity index (χ1v) is 7.28. The number of aromatic amines is 1. The van der Waals surface area contributed by atoms with Gasteiger partial charge in [-0.25, -0.2) is 0 Å². The standard InChI is InChI=1S/C14H7BrClN3S/c15-9-2-3-10(16)12(6-9)19-13-5-8(7-17)1-4-11(13)18-14(19)20/h1-6H,(H,18,20). The summed E-state index contributed by atoms with van der Waals surface area (Å²) in [6, 6.07) is 13.1. The van der Waals surface area contributed by atoms with Gasteiger partial charge in [0.1, 0.15) is 0 Å². The SMILES string of the molecule is N#Cc1ccc2[nH]c(=S)n(-c3cc(Br)ccc3Cl)c2c1. The second-order valence-corrected chi connectivity index (χ2v) is 5.91. The van der Waals surface area contributed by atoms with Crippen molar-refractivity contribution in [2.24, 2.45) is 0 Å². The van der Waals surface area contributed by atoms with Crippen LogP contribution >= 0.6 is 39.7 Å². The first kappa shape index (κ1) is 13.4. The van der Waals surface area contributed by atoms with Crippen molar-refractivity contribution in [1.29, 1.82) is 5.26 Å². The molecule has 0 atom stereocenters. The normalized spacial score (nSPS) is 10.7. The van der Waals surface area contributed by atoms with Crippen LogP contribution in [0.25, 0.3) is 16.7 Å². The van der Waals surface area contributed by atoms with Gasteiger partial charge in [0, 0.05) is 4.47 Å². The predicted octanol–water partition coefficient (Wildman–Crippen LogP) is 4.98. The van der Waals surface area contributed by atoms with Gasteiger partial charge in [0.15, 0.2) is 4.77 Å². The van der Waals surface area contributed by atoms with Gasteiger partial charge in [0.05, 0.1) is 33.4 Å². The minimum absolute atomic E-state index is 0.537. The number of imidazole rings is 1. The molecule has 0 saturated carbocycles. The summed E-state index contributed by atoms with van der Waals surface area (Å²) in [5, 5.41) is 9.63. The maximum Gasteiger partial charge on any atom is 0.182 e. The van der Waals surface area contributed by atoms with Crippen LogP contribution in [0, 0.1) is 16.1 Å². The molecule has 20 heavy (non-hydrogen) atoms. The first-order valence-electron chi connectivity index (χ1n) is 5.70. The number of aromatic nitrogens is 2. The molecule has 0 aliphatic heterocycles.